The van der Waals surface area contributed by atoms with Gasteiger partial charge in [-0.2, -0.15) is 0 Å². The Labute approximate surface area is 158 Å². The van der Waals surface area contributed by atoms with Gasteiger partial charge in [0.15, 0.2) is 5.78 Å². The van der Waals surface area contributed by atoms with Crippen molar-refractivity contribution in [3.8, 4) is 0 Å². The molecule has 0 fully saturated rings. The van der Waals surface area contributed by atoms with Crippen molar-refractivity contribution in [2.24, 2.45) is 5.41 Å². The van der Waals surface area contributed by atoms with Crippen molar-refractivity contribution in [2.45, 2.75) is 39.7 Å². The quantitative estimate of drug-likeness (QED) is 0.650. The third kappa shape index (κ3) is 5.20. The molecule has 0 spiro atoms. The molecule has 2 nitrogen and oxygen atoms in total. The van der Waals surface area contributed by atoms with Gasteiger partial charge < -0.3 is 5.32 Å². The second-order valence-electron chi connectivity index (χ2n) is 7.11. The molecule has 0 saturated heterocycles. The van der Waals surface area contributed by atoms with Crippen LogP contribution < -0.4 is 5.32 Å². The first-order valence-corrected chi connectivity index (χ1v) is 9.41. The fourth-order valence-corrected chi connectivity index (χ4v) is 3.49. The van der Waals surface area contributed by atoms with E-state index in [1.807, 2.05) is 18.2 Å². The summed E-state index contributed by atoms with van der Waals surface area (Å²) in [6.07, 6.45) is 4.94. The fourth-order valence-electron chi connectivity index (χ4n) is 2.85. The van der Waals surface area contributed by atoms with Crippen molar-refractivity contribution in [1.29, 1.82) is 0 Å². The van der Waals surface area contributed by atoms with E-state index >= 15 is 0 Å². The van der Waals surface area contributed by atoms with E-state index in [-0.39, 0.29) is 17.2 Å². The normalized spacial score (nSPS) is 16.4. The third-order valence-corrected chi connectivity index (χ3v) is 5.00. The molecule has 1 aliphatic carbocycles. The maximum Gasteiger partial charge on any atom is 0.165 e. The lowest BCUT2D eigenvalue weighted by Gasteiger charge is -2.32. The highest BCUT2D eigenvalue weighted by molar-refractivity contribution is 9.11. The Bertz CT molecular complexity index is 671. The van der Waals surface area contributed by atoms with Crippen molar-refractivity contribution in [3.63, 3.8) is 0 Å². The van der Waals surface area contributed by atoms with Crippen LogP contribution in [0.15, 0.2) is 52.5 Å². The number of thiocarbonyl (C=S) groups is 1. The Morgan fingerprint density at radius 1 is 1.29 bits per heavy atom. The number of carbonyl (C=O) groups excluding carboxylic acids is 1. The van der Waals surface area contributed by atoms with E-state index in [0.29, 0.717) is 25.0 Å². The lowest BCUT2D eigenvalue weighted by Crippen LogP contribution is -2.34. The molecule has 128 valence electrons. The Kier molecular flexibility index (Phi) is 6.67. The summed E-state index contributed by atoms with van der Waals surface area (Å²) in [5, 5.41) is 3.55. The minimum absolute atomic E-state index is 0.0651. The molecule has 24 heavy (non-hydrogen) atoms. The number of hydrogen-bond donors (Lipinski definition) is 1. The molecule has 1 unspecified atom stereocenters. The van der Waals surface area contributed by atoms with Crippen LogP contribution in [0.4, 0.5) is 0 Å². The summed E-state index contributed by atoms with van der Waals surface area (Å²) >= 11 is 8.75. The van der Waals surface area contributed by atoms with Crippen molar-refractivity contribution in [2.75, 3.05) is 6.54 Å². The summed E-state index contributed by atoms with van der Waals surface area (Å²) in [5.74, 6) is 0.110. The molecular weight excluding hydrogens is 382 g/mol. The van der Waals surface area contributed by atoms with Gasteiger partial charge in [0.25, 0.3) is 0 Å². The van der Waals surface area contributed by atoms with Crippen molar-refractivity contribution in [3.05, 3.63) is 58.1 Å². The molecule has 0 saturated carbocycles. The largest absolute Gasteiger partial charge is 0.309 e. The van der Waals surface area contributed by atoms with Crippen LogP contribution in [0.2, 0.25) is 0 Å². The molecule has 0 aliphatic heterocycles. The van der Waals surface area contributed by atoms with Crippen LogP contribution >= 0.6 is 28.1 Å². The molecular formula is C20H24BrNOS. The standard InChI is InChI=1S/C20H24BrNOS/c1-20(2,3)19(14-7-5-4-6-8-14)22-12-11-17(23)16-13-15(21)9-10-18(16)24/h4-9,13,19,22H,10-12H2,1-3H3. The van der Waals surface area contributed by atoms with Gasteiger partial charge in [0.05, 0.1) is 0 Å². The van der Waals surface area contributed by atoms with Crippen LogP contribution in [0.5, 0.6) is 0 Å². The minimum Gasteiger partial charge on any atom is -0.309 e. The number of Topliss-reactive ketones (excluding diaryl/α,β-unsaturated/α-hetero) is 1. The molecule has 4 heteroatoms. The number of hydrogen-bond acceptors (Lipinski definition) is 3. The zero-order valence-corrected chi connectivity index (χ0v) is 16.8. The highest BCUT2D eigenvalue weighted by Gasteiger charge is 2.26. The zero-order chi connectivity index (χ0) is 17.7. The van der Waals surface area contributed by atoms with E-state index in [1.54, 1.807) is 0 Å². The van der Waals surface area contributed by atoms with Gasteiger partial charge >= 0.3 is 0 Å². The molecule has 1 aromatic rings. The number of benzene rings is 1. The van der Waals surface area contributed by atoms with Gasteiger partial charge in [-0.25, -0.2) is 0 Å². The average molecular weight is 406 g/mol. The molecule has 2 rings (SSSR count). The Hall–Kier alpha value is -1.10. The van der Waals surface area contributed by atoms with E-state index in [0.717, 1.165) is 9.35 Å². The molecule has 0 radical (unpaired) electrons. The summed E-state index contributed by atoms with van der Waals surface area (Å²) < 4.78 is 0.935. The van der Waals surface area contributed by atoms with Crippen LogP contribution in [0, 0.1) is 5.41 Å². The fraction of sp³-hybridized carbons (Fsp3) is 0.400. The molecule has 1 aliphatic rings. The summed E-state index contributed by atoms with van der Waals surface area (Å²) in [6, 6.07) is 10.6. The first-order valence-electron chi connectivity index (χ1n) is 8.21. The number of carbonyl (C=O) groups is 1. The maximum absolute atomic E-state index is 12.5. The average Bonchev–Trinajstić information content (AvgIpc) is 2.53. The van der Waals surface area contributed by atoms with Crippen LogP contribution in [0.25, 0.3) is 0 Å². The molecule has 0 aromatic heterocycles. The number of halogens is 1. The summed E-state index contributed by atoms with van der Waals surface area (Å²) in [6.45, 7) is 7.26. The van der Waals surface area contributed by atoms with Gasteiger partial charge in [0, 0.05) is 40.3 Å². The Morgan fingerprint density at radius 3 is 2.58 bits per heavy atom. The summed E-state index contributed by atoms with van der Waals surface area (Å²) in [7, 11) is 0. The lowest BCUT2D eigenvalue weighted by molar-refractivity contribution is -0.115. The predicted molar refractivity (Wildman–Crippen MR) is 109 cm³/mol. The van der Waals surface area contributed by atoms with Crippen molar-refractivity contribution < 1.29 is 4.79 Å². The van der Waals surface area contributed by atoms with Crippen LogP contribution in [-0.2, 0) is 4.79 Å². The van der Waals surface area contributed by atoms with Crippen LogP contribution in [0.1, 0.15) is 45.2 Å². The molecule has 1 N–H and O–H groups in total. The Morgan fingerprint density at radius 2 is 1.96 bits per heavy atom. The van der Waals surface area contributed by atoms with Gasteiger partial charge in [-0.15, -0.1) is 0 Å². The summed E-state index contributed by atoms with van der Waals surface area (Å²) in [5.41, 5.74) is 1.99. The highest BCUT2D eigenvalue weighted by atomic mass is 79.9. The van der Waals surface area contributed by atoms with Crippen LogP contribution in [0.3, 0.4) is 0 Å². The molecule has 1 atom stereocenters. The topological polar surface area (TPSA) is 29.1 Å². The van der Waals surface area contributed by atoms with E-state index in [4.69, 9.17) is 12.2 Å². The smallest absolute Gasteiger partial charge is 0.165 e. The molecule has 0 amide bonds. The van der Waals surface area contributed by atoms with Crippen molar-refractivity contribution >= 4 is 38.8 Å². The molecule has 0 bridgehead atoms. The highest BCUT2D eigenvalue weighted by Crippen LogP contribution is 2.32. The van der Waals surface area contributed by atoms with Gasteiger partial charge in [0.2, 0.25) is 0 Å². The van der Waals surface area contributed by atoms with E-state index < -0.39 is 0 Å². The SMILES string of the molecule is CC(C)(C)C(NCCC(=O)C1=CC(Br)=CCC1=S)c1ccccc1. The number of allylic oxidation sites excluding steroid dienone is 4. The first kappa shape index (κ1) is 19.2. The monoisotopic (exact) mass is 405 g/mol. The van der Waals surface area contributed by atoms with Crippen LogP contribution in [-0.4, -0.2) is 17.2 Å². The van der Waals surface area contributed by atoms with Gasteiger partial charge in [-0.3, -0.25) is 4.79 Å². The number of rotatable bonds is 6. The number of ketones is 1. The predicted octanol–water partition coefficient (Wildman–Crippen LogP) is 5.30. The number of nitrogens with one attached hydrogen (secondary N) is 1. The lowest BCUT2D eigenvalue weighted by atomic mass is 9.82. The minimum atomic E-state index is 0.0651. The third-order valence-electron chi connectivity index (χ3n) is 4.06. The van der Waals surface area contributed by atoms with Gasteiger partial charge in [-0.05, 0) is 17.1 Å². The van der Waals surface area contributed by atoms with E-state index in [9.17, 15) is 4.79 Å². The van der Waals surface area contributed by atoms with Gasteiger partial charge in [-0.1, -0.05) is 85.3 Å². The molecule has 0 heterocycles. The second kappa shape index (κ2) is 8.32. The summed E-state index contributed by atoms with van der Waals surface area (Å²) in [4.78, 5) is 13.2. The second-order valence-corrected chi connectivity index (χ2v) is 8.52. The zero-order valence-electron chi connectivity index (χ0n) is 14.4. The Balaban J connectivity index is 2.00. The van der Waals surface area contributed by atoms with E-state index in [2.05, 4.69) is 66.3 Å². The first-order chi connectivity index (χ1) is 11.3. The van der Waals surface area contributed by atoms with Gasteiger partial charge in [0.1, 0.15) is 0 Å². The molecule has 1 aromatic carbocycles. The van der Waals surface area contributed by atoms with E-state index in [1.165, 1.54) is 5.56 Å². The maximum atomic E-state index is 12.5. The van der Waals surface area contributed by atoms with Crippen molar-refractivity contribution in [1.82, 2.24) is 5.32 Å².